The van der Waals surface area contributed by atoms with Crippen molar-refractivity contribution < 1.29 is 33.7 Å². The first-order valence-corrected chi connectivity index (χ1v) is 13.5. The lowest BCUT2D eigenvalue weighted by Gasteiger charge is -2.31. The van der Waals surface area contributed by atoms with Crippen LogP contribution in [-0.2, 0) is 19.1 Å². The molecular formula is C29H41NO7. The van der Waals surface area contributed by atoms with Crippen LogP contribution in [-0.4, -0.2) is 44.4 Å². The predicted molar refractivity (Wildman–Crippen MR) is 137 cm³/mol. The molecule has 204 valence electrons. The average molecular weight is 516 g/mol. The molecule has 0 amide bonds. The topological polar surface area (TPSA) is 122 Å². The van der Waals surface area contributed by atoms with Gasteiger partial charge in [0.15, 0.2) is 23.7 Å². The minimum atomic E-state index is -1.85. The Labute approximate surface area is 218 Å². The number of esters is 1. The zero-order chi connectivity index (χ0) is 27.2. The third-order valence-electron chi connectivity index (χ3n) is 8.41. The van der Waals surface area contributed by atoms with Crippen LogP contribution in [0.1, 0.15) is 97.1 Å². The number of Topliss-reactive ketones (excluding diaryl/α,β-unsaturated/α-hetero) is 1. The molecule has 0 aliphatic carbocycles. The molecule has 0 spiro atoms. The van der Waals surface area contributed by atoms with Crippen LogP contribution in [0.5, 0.6) is 0 Å². The van der Waals surface area contributed by atoms with E-state index >= 15 is 0 Å². The first kappa shape index (κ1) is 27.7. The van der Waals surface area contributed by atoms with E-state index in [0.717, 1.165) is 25.7 Å². The maximum Gasteiger partial charge on any atom is 0.306 e. The zero-order valence-corrected chi connectivity index (χ0v) is 22.9. The van der Waals surface area contributed by atoms with Crippen molar-refractivity contribution in [3.8, 4) is 0 Å². The monoisotopic (exact) mass is 515 g/mol. The Morgan fingerprint density at radius 3 is 2.59 bits per heavy atom. The van der Waals surface area contributed by atoms with Gasteiger partial charge in [-0.15, -0.1) is 0 Å². The second-order valence-corrected chi connectivity index (χ2v) is 11.9. The van der Waals surface area contributed by atoms with Crippen LogP contribution in [0.2, 0.25) is 0 Å². The number of hydrogen-bond donors (Lipinski definition) is 2. The first-order valence-electron chi connectivity index (χ1n) is 13.5. The van der Waals surface area contributed by atoms with Gasteiger partial charge in [-0.2, -0.15) is 0 Å². The number of cyclic esters (lactones) is 1. The molecule has 2 N–H and O–H groups in total. The van der Waals surface area contributed by atoms with Gasteiger partial charge in [0.2, 0.25) is 5.79 Å². The third-order valence-corrected chi connectivity index (χ3v) is 8.41. The molecule has 0 saturated carbocycles. The Kier molecular flexibility index (Phi) is 7.58. The molecule has 6 unspecified atom stereocenters. The van der Waals surface area contributed by atoms with E-state index in [4.69, 9.17) is 13.9 Å². The van der Waals surface area contributed by atoms with Gasteiger partial charge in [0.1, 0.15) is 16.9 Å². The number of aryl methyl sites for hydroxylation is 1. The lowest BCUT2D eigenvalue weighted by Crippen LogP contribution is -2.42. The van der Waals surface area contributed by atoms with Gasteiger partial charge in [-0.05, 0) is 56.2 Å². The SMILES string of the molecule is CCC1CC(C)CCCC2(C)OC2(O)C(O)C(c2ccc3oc(C)nc3c2)OC(=O)CCC(C)(C)C1=O. The number of hydrogen-bond acceptors (Lipinski definition) is 8. The van der Waals surface area contributed by atoms with E-state index in [1.165, 1.54) is 0 Å². The Balaban J connectivity index is 1.66. The van der Waals surface area contributed by atoms with Crippen molar-refractivity contribution in [1.29, 1.82) is 0 Å². The number of rotatable bonds is 2. The van der Waals surface area contributed by atoms with Gasteiger partial charge < -0.3 is 24.1 Å². The highest BCUT2D eigenvalue weighted by molar-refractivity contribution is 5.86. The molecule has 0 radical (unpaired) electrons. The van der Waals surface area contributed by atoms with Crippen molar-refractivity contribution in [1.82, 2.24) is 4.98 Å². The van der Waals surface area contributed by atoms with Crippen molar-refractivity contribution in [2.75, 3.05) is 0 Å². The van der Waals surface area contributed by atoms with E-state index in [9.17, 15) is 19.8 Å². The molecule has 2 aromatic rings. The molecule has 3 heterocycles. The van der Waals surface area contributed by atoms with E-state index in [2.05, 4.69) is 11.9 Å². The second-order valence-electron chi connectivity index (χ2n) is 11.9. The van der Waals surface area contributed by atoms with Crippen LogP contribution in [0.25, 0.3) is 11.1 Å². The Morgan fingerprint density at radius 1 is 1.16 bits per heavy atom. The minimum Gasteiger partial charge on any atom is -0.454 e. The van der Waals surface area contributed by atoms with Crippen molar-refractivity contribution in [2.45, 2.75) is 110 Å². The fourth-order valence-electron chi connectivity index (χ4n) is 5.82. The lowest BCUT2D eigenvalue weighted by molar-refractivity contribution is -0.171. The summed E-state index contributed by atoms with van der Waals surface area (Å²) in [6.07, 6.45) is 1.38. The fraction of sp³-hybridized carbons (Fsp3) is 0.690. The highest BCUT2D eigenvalue weighted by atomic mass is 16.8. The number of ether oxygens (including phenoxy) is 2. The van der Waals surface area contributed by atoms with Crippen LogP contribution in [0, 0.1) is 24.2 Å². The number of fused-ring (bicyclic) bond motifs is 2. The highest BCUT2D eigenvalue weighted by Gasteiger charge is 2.71. The molecule has 37 heavy (non-hydrogen) atoms. The van der Waals surface area contributed by atoms with Gasteiger partial charge in [-0.3, -0.25) is 9.59 Å². The molecule has 1 aromatic heterocycles. The summed E-state index contributed by atoms with van der Waals surface area (Å²) in [6, 6.07) is 5.08. The minimum absolute atomic E-state index is 0.00974. The van der Waals surface area contributed by atoms with Crippen LogP contribution in [0.3, 0.4) is 0 Å². The van der Waals surface area contributed by atoms with Gasteiger partial charge >= 0.3 is 5.97 Å². The molecule has 8 nitrogen and oxygen atoms in total. The summed E-state index contributed by atoms with van der Waals surface area (Å²) < 4.78 is 17.1. The van der Waals surface area contributed by atoms with Crippen LogP contribution >= 0.6 is 0 Å². The molecule has 2 aliphatic heterocycles. The number of benzene rings is 1. The van der Waals surface area contributed by atoms with Gasteiger partial charge in [0, 0.05) is 24.7 Å². The Morgan fingerprint density at radius 2 is 1.89 bits per heavy atom. The van der Waals surface area contributed by atoms with Gasteiger partial charge in [-0.25, -0.2) is 4.98 Å². The summed E-state index contributed by atoms with van der Waals surface area (Å²) in [4.78, 5) is 30.8. The van der Waals surface area contributed by atoms with Crippen LogP contribution in [0.15, 0.2) is 22.6 Å². The number of aliphatic hydroxyl groups excluding tert-OH is 1. The number of carbonyl (C=O) groups is 2. The van der Waals surface area contributed by atoms with Crippen molar-refractivity contribution in [3.63, 3.8) is 0 Å². The van der Waals surface area contributed by atoms with E-state index in [-0.39, 0.29) is 18.1 Å². The van der Waals surface area contributed by atoms with Crippen molar-refractivity contribution >= 4 is 22.9 Å². The molecule has 2 aliphatic rings. The van der Waals surface area contributed by atoms with Crippen molar-refractivity contribution in [2.24, 2.45) is 17.3 Å². The lowest BCUT2D eigenvalue weighted by atomic mass is 9.74. The van der Waals surface area contributed by atoms with Gasteiger partial charge in [-0.1, -0.05) is 46.6 Å². The predicted octanol–water partition coefficient (Wildman–Crippen LogP) is 5.17. The summed E-state index contributed by atoms with van der Waals surface area (Å²) in [5.41, 5.74) is -0.0451. The second kappa shape index (κ2) is 10.1. The number of carbonyl (C=O) groups excluding carboxylic acids is 2. The van der Waals surface area contributed by atoms with E-state index < -0.39 is 35.0 Å². The van der Waals surface area contributed by atoms with Crippen LogP contribution < -0.4 is 0 Å². The van der Waals surface area contributed by atoms with Gasteiger partial charge in [0.25, 0.3) is 0 Å². The van der Waals surface area contributed by atoms with E-state index in [1.807, 2.05) is 20.8 Å². The Hall–Kier alpha value is -2.29. The molecular weight excluding hydrogens is 474 g/mol. The van der Waals surface area contributed by atoms with Crippen molar-refractivity contribution in [3.05, 3.63) is 29.7 Å². The first-order chi connectivity index (χ1) is 17.3. The Bertz CT molecular complexity index is 1160. The number of nitrogens with zero attached hydrogens (tertiary/aromatic N) is 1. The average Bonchev–Trinajstić information content (AvgIpc) is 3.19. The molecule has 2 fully saturated rings. The summed E-state index contributed by atoms with van der Waals surface area (Å²) >= 11 is 0. The molecule has 1 aromatic carbocycles. The smallest absolute Gasteiger partial charge is 0.306 e. The number of aliphatic hydroxyl groups is 2. The van der Waals surface area contributed by atoms with E-state index in [0.29, 0.717) is 41.3 Å². The molecule has 2 saturated heterocycles. The zero-order valence-electron chi connectivity index (χ0n) is 22.9. The fourth-order valence-corrected chi connectivity index (χ4v) is 5.82. The molecule has 6 atom stereocenters. The summed E-state index contributed by atoms with van der Waals surface area (Å²) in [5, 5.41) is 22.7. The number of ketones is 1. The maximum absolute atomic E-state index is 13.4. The maximum atomic E-state index is 13.4. The standard InChI is InChI=1S/C29H41NO7/c1-7-19-15-17(2)9-8-13-28(6)29(34,37-28)26(33)24(36-23(31)12-14-27(4,5)25(19)32)20-10-11-22-21(16-20)30-18(3)35-22/h10-11,16-17,19,24,26,33-34H,7-9,12-15H2,1-6H3. The molecule has 0 bridgehead atoms. The quantitative estimate of drug-likeness (QED) is 0.415. The van der Waals surface area contributed by atoms with Crippen LogP contribution in [0.4, 0.5) is 0 Å². The highest BCUT2D eigenvalue weighted by Crippen LogP contribution is 2.54. The van der Waals surface area contributed by atoms with Gasteiger partial charge in [0.05, 0.1) is 0 Å². The summed E-state index contributed by atoms with van der Waals surface area (Å²) in [5.74, 6) is -1.48. The van der Waals surface area contributed by atoms with E-state index in [1.54, 1.807) is 32.0 Å². The summed E-state index contributed by atoms with van der Waals surface area (Å²) in [6.45, 7) is 11.5. The normalized spacial score (nSPS) is 35.7. The third kappa shape index (κ3) is 5.47. The molecule has 4 rings (SSSR count). The number of epoxide rings is 1. The largest absolute Gasteiger partial charge is 0.454 e. The summed E-state index contributed by atoms with van der Waals surface area (Å²) in [7, 11) is 0. The number of aromatic nitrogens is 1. The molecule has 8 heteroatoms. The number of oxazole rings is 1.